The molecule has 1 aliphatic carbocycles. The first-order valence-electron chi connectivity index (χ1n) is 8.10. The van der Waals surface area contributed by atoms with Crippen LogP contribution in [-0.2, 0) is 4.79 Å². The number of carbonyl (C=O) groups excluding carboxylic acids is 2. The van der Waals surface area contributed by atoms with Crippen LogP contribution in [0.3, 0.4) is 0 Å². The maximum absolute atomic E-state index is 12.3. The zero-order valence-corrected chi connectivity index (χ0v) is 13.3. The largest absolute Gasteiger partial charge is 0.459 e. The van der Waals surface area contributed by atoms with E-state index in [2.05, 4.69) is 21.0 Å². The Hall–Kier alpha value is -2.61. The molecule has 1 aliphatic heterocycles. The number of aromatic nitrogens is 2. The van der Waals surface area contributed by atoms with Crippen molar-refractivity contribution in [2.45, 2.75) is 44.4 Å². The molecule has 0 bridgehead atoms. The lowest BCUT2D eigenvalue weighted by molar-refractivity contribution is -0.125. The predicted octanol–water partition coefficient (Wildman–Crippen LogP) is 1.56. The van der Waals surface area contributed by atoms with E-state index in [4.69, 9.17) is 4.42 Å². The van der Waals surface area contributed by atoms with Gasteiger partial charge in [-0.2, -0.15) is 5.10 Å². The Bertz CT molecular complexity index is 763. The molecule has 2 aromatic rings. The molecule has 8 heteroatoms. The Labute approximate surface area is 138 Å². The average Bonchev–Trinajstić information content (AvgIpc) is 3.08. The lowest BCUT2D eigenvalue weighted by Gasteiger charge is -2.30. The Morgan fingerprint density at radius 3 is 2.96 bits per heavy atom. The summed E-state index contributed by atoms with van der Waals surface area (Å²) in [5, 5.41) is 13.6. The Balaban J connectivity index is 1.62. The molecular formula is C16H19N5O3. The van der Waals surface area contributed by atoms with Crippen LogP contribution in [0, 0.1) is 0 Å². The lowest BCUT2D eigenvalue weighted by Crippen LogP contribution is -2.52. The molecule has 4 rings (SSSR count). The molecule has 3 N–H and O–H groups in total. The first-order valence-corrected chi connectivity index (χ1v) is 8.10. The quantitative estimate of drug-likeness (QED) is 0.790. The predicted molar refractivity (Wildman–Crippen MR) is 85.3 cm³/mol. The molecule has 24 heavy (non-hydrogen) atoms. The molecule has 3 heterocycles. The van der Waals surface area contributed by atoms with Crippen LogP contribution in [0.15, 0.2) is 28.9 Å². The molecule has 2 unspecified atom stereocenters. The number of furan rings is 1. The highest BCUT2D eigenvalue weighted by molar-refractivity contribution is 6.01. The van der Waals surface area contributed by atoms with Gasteiger partial charge in [0.1, 0.15) is 5.82 Å². The first kappa shape index (κ1) is 14.9. The summed E-state index contributed by atoms with van der Waals surface area (Å²) in [4.78, 5) is 24.1. The summed E-state index contributed by atoms with van der Waals surface area (Å²) >= 11 is 0. The smallest absolute Gasteiger partial charge is 0.292 e. The third-order valence-corrected chi connectivity index (χ3v) is 4.21. The van der Waals surface area contributed by atoms with Crippen molar-refractivity contribution in [1.29, 1.82) is 0 Å². The minimum Gasteiger partial charge on any atom is -0.459 e. The standard InChI is InChI=1S/C16H19N5O3/c1-9-7-14(22)19-16(17-9)21-13(8-11(20-21)10-4-5-10)18-15(23)12-3-2-6-24-12/h2-3,6,8-10,16-17H,4-5,7H2,1H3,(H,18,23)(H,19,22). The van der Waals surface area contributed by atoms with Gasteiger partial charge in [-0.15, -0.1) is 0 Å². The monoisotopic (exact) mass is 329 g/mol. The minimum absolute atomic E-state index is 0.0333. The van der Waals surface area contributed by atoms with Crippen LogP contribution >= 0.6 is 0 Å². The molecule has 2 aromatic heterocycles. The Morgan fingerprint density at radius 2 is 2.29 bits per heavy atom. The molecule has 2 fully saturated rings. The fraction of sp³-hybridized carbons (Fsp3) is 0.438. The van der Waals surface area contributed by atoms with Crippen LogP contribution in [0.2, 0.25) is 0 Å². The van der Waals surface area contributed by atoms with Gasteiger partial charge in [0.2, 0.25) is 5.91 Å². The van der Waals surface area contributed by atoms with Crippen LogP contribution < -0.4 is 16.0 Å². The molecular weight excluding hydrogens is 310 g/mol. The molecule has 126 valence electrons. The number of anilines is 1. The average molecular weight is 329 g/mol. The number of nitrogens with zero attached hydrogens (tertiary/aromatic N) is 2. The van der Waals surface area contributed by atoms with Crippen LogP contribution in [0.25, 0.3) is 0 Å². The molecule has 0 spiro atoms. The van der Waals surface area contributed by atoms with Gasteiger partial charge in [-0.05, 0) is 31.9 Å². The second-order valence-electron chi connectivity index (χ2n) is 6.35. The van der Waals surface area contributed by atoms with Gasteiger partial charge in [-0.25, -0.2) is 4.68 Å². The minimum atomic E-state index is -0.486. The van der Waals surface area contributed by atoms with E-state index in [-0.39, 0.29) is 23.6 Å². The van der Waals surface area contributed by atoms with Gasteiger partial charge in [0.05, 0.1) is 12.0 Å². The van der Waals surface area contributed by atoms with E-state index in [0.29, 0.717) is 18.2 Å². The van der Waals surface area contributed by atoms with E-state index in [1.165, 1.54) is 6.26 Å². The number of amides is 2. The van der Waals surface area contributed by atoms with Crippen LogP contribution in [-0.4, -0.2) is 27.6 Å². The highest BCUT2D eigenvalue weighted by Crippen LogP contribution is 2.40. The van der Waals surface area contributed by atoms with E-state index >= 15 is 0 Å². The van der Waals surface area contributed by atoms with Gasteiger partial charge >= 0.3 is 0 Å². The molecule has 2 atom stereocenters. The van der Waals surface area contributed by atoms with Gasteiger partial charge in [0, 0.05) is 24.4 Å². The second kappa shape index (κ2) is 5.79. The summed E-state index contributed by atoms with van der Waals surface area (Å²) in [6.45, 7) is 1.94. The zero-order chi connectivity index (χ0) is 16.7. The van der Waals surface area contributed by atoms with Crippen molar-refractivity contribution in [3.8, 4) is 0 Å². The van der Waals surface area contributed by atoms with E-state index in [1.54, 1.807) is 16.8 Å². The molecule has 0 aromatic carbocycles. The summed E-state index contributed by atoms with van der Waals surface area (Å²) in [7, 11) is 0. The Kier molecular flexibility index (Phi) is 3.61. The fourth-order valence-electron chi connectivity index (χ4n) is 2.86. The first-order chi connectivity index (χ1) is 11.6. The third kappa shape index (κ3) is 2.92. The number of hydrogen-bond acceptors (Lipinski definition) is 5. The molecule has 2 amide bonds. The van der Waals surface area contributed by atoms with Crippen molar-refractivity contribution in [3.63, 3.8) is 0 Å². The summed E-state index contributed by atoms with van der Waals surface area (Å²) in [6, 6.07) is 5.16. The molecule has 2 aliphatic rings. The van der Waals surface area contributed by atoms with Crippen molar-refractivity contribution in [1.82, 2.24) is 20.4 Å². The fourth-order valence-corrected chi connectivity index (χ4v) is 2.86. The van der Waals surface area contributed by atoms with Crippen molar-refractivity contribution >= 4 is 17.6 Å². The maximum Gasteiger partial charge on any atom is 0.292 e. The molecule has 0 radical (unpaired) electrons. The van der Waals surface area contributed by atoms with E-state index in [0.717, 1.165) is 18.5 Å². The van der Waals surface area contributed by atoms with E-state index in [1.807, 2.05) is 13.0 Å². The van der Waals surface area contributed by atoms with Crippen LogP contribution in [0.4, 0.5) is 5.82 Å². The SMILES string of the molecule is CC1CC(=O)NC(n2nc(C3CC3)cc2NC(=O)c2ccco2)N1. The number of carbonyl (C=O) groups is 2. The zero-order valence-electron chi connectivity index (χ0n) is 13.3. The highest BCUT2D eigenvalue weighted by Gasteiger charge is 2.31. The van der Waals surface area contributed by atoms with Crippen molar-refractivity contribution in [3.05, 3.63) is 35.9 Å². The summed E-state index contributed by atoms with van der Waals surface area (Å²) < 4.78 is 6.75. The normalized spacial score (nSPS) is 23.8. The summed E-state index contributed by atoms with van der Waals surface area (Å²) in [5.41, 5.74) is 0.930. The second-order valence-corrected chi connectivity index (χ2v) is 6.35. The number of hydrogen-bond donors (Lipinski definition) is 3. The summed E-state index contributed by atoms with van der Waals surface area (Å²) in [5.74, 6) is 0.800. The third-order valence-electron chi connectivity index (χ3n) is 4.21. The maximum atomic E-state index is 12.3. The van der Waals surface area contributed by atoms with E-state index in [9.17, 15) is 9.59 Å². The van der Waals surface area contributed by atoms with Gasteiger partial charge in [0.15, 0.2) is 12.0 Å². The number of rotatable bonds is 4. The van der Waals surface area contributed by atoms with Crippen LogP contribution in [0.1, 0.15) is 54.6 Å². The van der Waals surface area contributed by atoms with Crippen molar-refractivity contribution in [2.75, 3.05) is 5.32 Å². The molecule has 1 saturated heterocycles. The van der Waals surface area contributed by atoms with Crippen molar-refractivity contribution in [2.24, 2.45) is 0 Å². The van der Waals surface area contributed by atoms with Crippen LogP contribution in [0.5, 0.6) is 0 Å². The van der Waals surface area contributed by atoms with Gasteiger partial charge < -0.3 is 15.1 Å². The van der Waals surface area contributed by atoms with Crippen molar-refractivity contribution < 1.29 is 14.0 Å². The highest BCUT2D eigenvalue weighted by atomic mass is 16.3. The molecule has 1 saturated carbocycles. The molecule has 8 nitrogen and oxygen atoms in total. The lowest BCUT2D eigenvalue weighted by atomic mass is 10.2. The van der Waals surface area contributed by atoms with Gasteiger partial charge in [-0.1, -0.05) is 0 Å². The Morgan fingerprint density at radius 1 is 1.46 bits per heavy atom. The summed E-state index contributed by atoms with van der Waals surface area (Å²) in [6.07, 6.45) is 3.58. The van der Waals surface area contributed by atoms with Gasteiger partial charge in [0.25, 0.3) is 5.91 Å². The topological polar surface area (TPSA) is 101 Å². The number of nitrogens with one attached hydrogen (secondary N) is 3. The van der Waals surface area contributed by atoms with E-state index < -0.39 is 6.29 Å². The van der Waals surface area contributed by atoms with Gasteiger partial charge in [-0.3, -0.25) is 14.9 Å².